The van der Waals surface area contributed by atoms with E-state index in [-0.39, 0.29) is 7.69 Å². The normalized spacial score (nSPS) is 11.1. The molecule has 0 spiro atoms. The summed E-state index contributed by atoms with van der Waals surface area (Å²) in [7, 11) is -0.352. The minimum absolute atomic E-state index is 0.352. The van der Waals surface area contributed by atoms with Gasteiger partial charge in [-0.2, -0.15) is 0 Å². The second kappa shape index (κ2) is 10.2. The van der Waals surface area contributed by atoms with Crippen LogP contribution in [0, 0.1) is 0 Å². The molecule has 190 valence electrons. The minimum atomic E-state index is -0.352. The van der Waals surface area contributed by atoms with Gasteiger partial charge in [-0.05, 0) is 90.0 Å². The van der Waals surface area contributed by atoms with Crippen molar-refractivity contribution >= 4 is 29.5 Å². The van der Waals surface area contributed by atoms with E-state index in [4.69, 9.17) is 4.65 Å². The van der Waals surface area contributed by atoms with Crippen LogP contribution >= 0.6 is 0 Å². The zero-order valence-corrected chi connectivity index (χ0v) is 21.6. The van der Waals surface area contributed by atoms with Crippen LogP contribution in [-0.4, -0.2) is 27.2 Å². The average molecular weight is 517 g/mol. The van der Waals surface area contributed by atoms with Crippen molar-refractivity contribution in [2.45, 2.75) is 0 Å². The van der Waals surface area contributed by atoms with E-state index in [1.165, 1.54) is 0 Å². The molecule has 0 radical (unpaired) electrons. The molecule has 0 aliphatic rings. The van der Waals surface area contributed by atoms with Gasteiger partial charge in [0.15, 0.2) is 0 Å². The zero-order chi connectivity index (χ0) is 26.9. The number of benzene rings is 4. The second-order valence-corrected chi connectivity index (χ2v) is 9.58. The minimum Gasteiger partial charge on any atom is -0.539 e. The molecule has 5 nitrogen and oxygen atoms in total. The lowest BCUT2D eigenvalue weighted by Gasteiger charge is -2.12. The van der Waals surface area contributed by atoms with E-state index in [0.717, 1.165) is 61.1 Å². The van der Waals surface area contributed by atoms with Crippen molar-refractivity contribution in [1.29, 1.82) is 0 Å². The van der Waals surface area contributed by atoms with Crippen molar-refractivity contribution in [1.82, 2.24) is 14.5 Å². The monoisotopic (exact) mass is 517 g/mol. The first-order chi connectivity index (χ1) is 19.8. The Morgan fingerprint density at radius 2 is 1.18 bits per heavy atom. The Labute approximate surface area is 232 Å². The maximum Gasteiger partial charge on any atom is 0.504 e. The lowest BCUT2D eigenvalue weighted by molar-refractivity contribution is 0.454. The van der Waals surface area contributed by atoms with Crippen LogP contribution in [0.2, 0.25) is 0 Å². The number of para-hydroxylation sites is 1. The Hall–Kier alpha value is -5.20. The number of aromatic nitrogens is 3. The van der Waals surface area contributed by atoms with Crippen molar-refractivity contribution in [3.8, 4) is 45.1 Å². The molecule has 3 aromatic heterocycles. The molecule has 0 aliphatic heterocycles. The Kier molecular flexibility index (Phi) is 6.07. The summed E-state index contributed by atoms with van der Waals surface area (Å²) in [6, 6.07) is 41.4. The van der Waals surface area contributed by atoms with Crippen molar-refractivity contribution in [3.63, 3.8) is 0 Å². The maximum atomic E-state index is 9.24. The summed E-state index contributed by atoms with van der Waals surface area (Å²) in [5.41, 5.74) is 9.41. The highest BCUT2D eigenvalue weighted by atomic mass is 16.5. The molecule has 7 aromatic rings. The van der Waals surface area contributed by atoms with E-state index in [2.05, 4.69) is 75.2 Å². The lowest BCUT2D eigenvalue weighted by atomic mass is 9.96. The van der Waals surface area contributed by atoms with E-state index >= 15 is 0 Å². The van der Waals surface area contributed by atoms with Gasteiger partial charge in [-0.3, -0.25) is 9.97 Å². The Morgan fingerprint density at radius 3 is 1.82 bits per heavy atom. The van der Waals surface area contributed by atoms with Crippen LogP contribution in [0.5, 0.6) is 5.75 Å². The molecule has 6 heteroatoms. The van der Waals surface area contributed by atoms with E-state index < -0.39 is 0 Å². The molecule has 0 amide bonds. The van der Waals surface area contributed by atoms with Crippen LogP contribution in [0.1, 0.15) is 0 Å². The molecule has 0 fully saturated rings. The molecule has 40 heavy (non-hydrogen) atoms. The van der Waals surface area contributed by atoms with Gasteiger partial charge in [0.05, 0.1) is 22.4 Å². The zero-order valence-electron chi connectivity index (χ0n) is 21.6. The van der Waals surface area contributed by atoms with Crippen LogP contribution < -0.4 is 4.65 Å². The van der Waals surface area contributed by atoms with Gasteiger partial charge in [0.1, 0.15) is 5.75 Å². The standard InChI is InChI=1S/C34H24BN3O2/c39-35-40-28-15-16-34-30(22-28)29-7-1-2-10-33(29)38(34)27-13-11-23(12-14-27)24-19-25(31-8-3-5-17-36-31)21-26(20-24)32-9-4-6-18-37-32/h1-22,35,39H. The third-order valence-corrected chi connectivity index (χ3v) is 7.19. The largest absolute Gasteiger partial charge is 0.539 e. The SMILES string of the molecule is OBOc1ccc2c(c1)c1ccccc1n2-c1ccc(-c2cc(-c3ccccn3)cc(-c3ccccn3)c2)cc1. The van der Waals surface area contributed by atoms with Gasteiger partial charge < -0.3 is 14.2 Å². The van der Waals surface area contributed by atoms with Gasteiger partial charge in [0, 0.05) is 40.0 Å². The number of hydrogen-bond donors (Lipinski definition) is 1. The van der Waals surface area contributed by atoms with Crippen molar-refractivity contribution < 1.29 is 9.68 Å². The molecule has 3 heterocycles. The van der Waals surface area contributed by atoms with Crippen LogP contribution in [0.25, 0.3) is 61.1 Å². The topological polar surface area (TPSA) is 60.2 Å². The fourth-order valence-electron chi connectivity index (χ4n) is 5.35. The fraction of sp³-hybridized carbons (Fsp3) is 0. The number of nitrogens with zero attached hydrogens (tertiary/aromatic N) is 3. The smallest absolute Gasteiger partial charge is 0.504 e. The molecule has 0 atom stereocenters. The van der Waals surface area contributed by atoms with Crippen LogP contribution in [0.4, 0.5) is 0 Å². The highest BCUT2D eigenvalue weighted by molar-refractivity contribution is 6.17. The summed E-state index contributed by atoms with van der Waals surface area (Å²) in [6.45, 7) is 0. The van der Waals surface area contributed by atoms with Crippen molar-refractivity contribution in [3.05, 3.63) is 134 Å². The Balaban J connectivity index is 1.35. The summed E-state index contributed by atoms with van der Waals surface area (Å²) < 4.78 is 7.63. The maximum absolute atomic E-state index is 9.24. The Bertz CT molecular complexity index is 1900. The van der Waals surface area contributed by atoms with E-state index in [1.807, 2.05) is 73.1 Å². The lowest BCUT2D eigenvalue weighted by Crippen LogP contribution is -1.99. The first kappa shape index (κ1) is 23.9. The van der Waals surface area contributed by atoms with Crippen LogP contribution in [0.3, 0.4) is 0 Å². The van der Waals surface area contributed by atoms with Crippen LogP contribution in [-0.2, 0) is 0 Å². The van der Waals surface area contributed by atoms with Crippen molar-refractivity contribution in [2.24, 2.45) is 0 Å². The summed E-state index contributed by atoms with van der Waals surface area (Å²) in [4.78, 5) is 9.19. The molecule has 0 aliphatic carbocycles. The van der Waals surface area contributed by atoms with Crippen molar-refractivity contribution in [2.75, 3.05) is 0 Å². The molecule has 0 saturated heterocycles. The van der Waals surface area contributed by atoms with Gasteiger partial charge in [-0.25, -0.2) is 0 Å². The van der Waals surface area contributed by atoms with E-state index in [1.54, 1.807) is 0 Å². The highest BCUT2D eigenvalue weighted by Gasteiger charge is 2.14. The van der Waals surface area contributed by atoms with Crippen LogP contribution in [0.15, 0.2) is 134 Å². The summed E-state index contributed by atoms with van der Waals surface area (Å²) >= 11 is 0. The number of fused-ring (bicyclic) bond motifs is 3. The van der Waals surface area contributed by atoms with Gasteiger partial charge in [-0.1, -0.05) is 42.5 Å². The van der Waals surface area contributed by atoms with E-state index in [0.29, 0.717) is 5.75 Å². The predicted octanol–water partition coefficient (Wildman–Crippen LogP) is 7.21. The molecule has 0 saturated carbocycles. The molecular formula is C34H24BN3O2. The number of pyridine rings is 2. The van der Waals surface area contributed by atoms with Gasteiger partial charge in [0.25, 0.3) is 0 Å². The highest BCUT2D eigenvalue weighted by Crippen LogP contribution is 2.36. The molecular weight excluding hydrogens is 493 g/mol. The number of rotatable bonds is 6. The average Bonchev–Trinajstić information content (AvgIpc) is 3.36. The third kappa shape index (κ3) is 4.30. The summed E-state index contributed by atoms with van der Waals surface area (Å²) in [5.74, 6) is 0.643. The summed E-state index contributed by atoms with van der Waals surface area (Å²) in [6.07, 6.45) is 3.64. The molecule has 1 N–H and O–H groups in total. The first-order valence-electron chi connectivity index (χ1n) is 13.1. The number of hydrogen-bond acceptors (Lipinski definition) is 4. The first-order valence-corrected chi connectivity index (χ1v) is 13.1. The third-order valence-electron chi connectivity index (χ3n) is 7.19. The Morgan fingerprint density at radius 1 is 0.550 bits per heavy atom. The molecule has 7 rings (SSSR count). The fourth-order valence-corrected chi connectivity index (χ4v) is 5.35. The summed E-state index contributed by atoms with van der Waals surface area (Å²) in [5, 5.41) is 11.4. The quantitative estimate of drug-likeness (QED) is 0.237. The predicted molar refractivity (Wildman–Crippen MR) is 163 cm³/mol. The molecule has 0 unspecified atom stereocenters. The van der Waals surface area contributed by atoms with Gasteiger partial charge in [0.2, 0.25) is 0 Å². The van der Waals surface area contributed by atoms with Gasteiger partial charge >= 0.3 is 7.69 Å². The molecule has 0 bridgehead atoms. The molecule has 4 aromatic carbocycles. The van der Waals surface area contributed by atoms with E-state index in [9.17, 15) is 5.02 Å². The van der Waals surface area contributed by atoms with Gasteiger partial charge in [-0.15, -0.1) is 0 Å². The second-order valence-electron chi connectivity index (χ2n) is 9.58.